The molecule has 0 saturated carbocycles. The van der Waals surface area contributed by atoms with Gasteiger partial charge in [-0.05, 0) is 43.4 Å². The zero-order chi connectivity index (χ0) is 14.1. The van der Waals surface area contributed by atoms with Gasteiger partial charge in [0.25, 0.3) is 0 Å². The number of benzene rings is 1. The maximum atomic E-state index is 10.7. The predicted octanol–water partition coefficient (Wildman–Crippen LogP) is 2.53. The molecular formula is C15H23NO3. The Morgan fingerprint density at radius 2 is 2.05 bits per heavy atom. The van der Waals surface area contributed by atoms with Gasteiger partial charge in [0, 0.05) is 6.42 Å². The molecule has 0 saturated heterocycles. The van der Waals surface area contributed by atoms with Crippen LogP contribution in [0.2, 0.25) is 0 Å². The molecule has 0 aromatic heterocycles. The highest BCUT2D eigenvalue weighted by molar-refractivity contribution is 5.67. The highest BCUT2D eigenvalue weighted by Crippen LogP contribution is 2.18. The van der Waals surface area contributed by atoms with E-state index in [0.717, 1.165) is 18.6 Å². The molecule has 0 aliphatic carbocycles. The fourth-order valence-electron chi connectivity index (χ4n) is 2.09. The van der Waals surface area contributed by atoms with Gasteiger partial charge in [0.2, 0.25) is 0 Å². The highest BCUT2D eigenvalue weighted by atomic mass is 16.5. The van der Waals surface area contributed by atoms with Crippen molar-refractivity contribution in [3.05, 3.63) is 30.3 Å². The lowest BCUT2D eigenvalue weighted by Gasteiger charge is -2.18. The van der Waals surface area contributed by atoms with Crippen molar-refractivity contribution in [2.45, 2.75) is 26.2 Å². The zero-order valence-electron chi connectivity index (χ0n) is 11.4. The number of para-hydroxylation sites is 1. The molecule has 0 fully saturated rings. The minimum absolute atomic E-state index is 0.0595. The number of aliphatic carboxylic acids is 1. The number of carboxylic acid groups (broad SMARTS) is 1. The first-order valence-electron chi connectivity index (χ1n) is 6.71. The topological polar surface area (TPSA) is 72.5 Å². The maximum Gasteiger partial charge on any atom is 0.303 e. The van der Waals surface area contributed by atoms with Crippen LogP contribution in [-0.2, 0) is 4.79 Å². The monoisotopic (exact) mass is 265 g/mol. The molecule has 4 heteroatoms. The Kier molecular flexibility index (Phi) is 6.97. The van der Waals surface area contributed by atoms with Gasteiger partial charge in [0.15, 0.2) is 0 Å². The summed E-state index contributed by atoms with van der Waals surface area (Å²) >= 11 is 0. The summed E-state index contributed by atoms with van der Waals surface area (Å²) in [5, 5.41) is 8.77. The van der Waals surface area contributed by atoms with Gasteiger partial charge >= 0.3 is 5.97 Å². The SMILES string of the molecule is C[C@H](CCOc1ccccc1)C[C@H](CN)CC(=O)O. The van der Waals surface area contributed by atoms with Crippen LogP contribution in [0.15, 0.2) is 30.3 Å². The van der Waals surface area contributed by atoms with E-state index in [1.807, 2.05) is 30.3 Å². The Bertz CT molecular complexity index is 367. The standard InChI is InChI=1S/C15H23NO3/c1-12(9-13(11-16)10-15(17)18)7-8-19-14-5-3-2-4-6-14/h2-6,12-13H,7-11,16H2,1H3,(H,17,18)/t12-,13+/m1/s1. The van der Waals surface area contributed by atoms with E-state index < -0.39 is 5.97 Å². The number of rotatable bonds is 9. The average Bonchev–Trinajstić information content (AvgIpc) is 2.38. The second-order valence-electron chi connectivity index (χ2n) is 4.99. The van der Waals surface area contributed by atoms with Gasteiger partial charge in [0.1, 0.15) is 5.75 Å². The molecule has 2 atom stereocenters. The van der Waals surface area contributed by atoms with Gasteiger partial charge in [-0.25, -0.2) is 0 Å². The van der Waals surface area contributed by atoms with Crippen molar-refractivity contribution in [1.82, 2.24) is 0 Å². The molecule has 106 valence electrons. The molecular weight excluding hydrogens is 242 g/mol. The van der Waals surface area contributed by atoms with Crippen LogP contribution in [0.3, 0.4) is 0 Å². The lowest BCUT2D eigenvalue weighted by Crippen LogP contribution is -2.21. The molecule has 19 heavy (non-hydrogen) atoms. The lowest BCUT2D eigenvalue weighted by molar-refractivity contribution is -0.138. The van der Waals surface area contributed by atoms with Gasteiger partial charge in [-0.3, -0.25) is 4.79 Å². The van der Waals surface area contributed by atoms with Crippen molar-refractivity contribution in [3.8, 4) is 5.75 Å². The minimum atomic E-state index is -0.775. The predicted molar refractivity (Wildman–Crippen MR) is 75.1 cm³/mol. The van der Waals surface area contributed by atoms with Crippen LogP contribution in [0, 0.1) is 11.8 Å². The van der Waals surface area contributed by atoms with Crippen LogP contribution in [0.5, 0.6) is 5.75 Å². The van der Waals surface area contributed by atoms with Gasteiger partial charge in [-0.15, -0.1) is 0 Å². The van der Waals surface area contributed by atoms with Gasteiger partial charge in [-0.2, -0.15) is 0 Å². The molecule has 0 aliphatic heterocycles. The third-order valence-corrected chi connectivity index (χ3v) is 3.15. The third kappa shape index (κ3) is 6.82. The molecule has 0 amide bonds. The summed E-state index contributed by atoms with van der Waals surface area (Å²) in [7, 11) is 0. The lowest BCUT2D eigenvalue weighted by atomic mass is 9.91. The summed E-state index contributed by atoms with van der Waals surface area (Å²) in [6.07, 6.45) is 1.90. The summed E-state index contributed by atoms with van der Waals surface area (Å²) in [6.45, 7) is 3.19. The average molecular weight is 265 g/mol. The van der Waals surface area contributed by atoms with Crippen molar-refractivity contribution in [1.29, 1.82) is 0 Å². The normalized spacial score (nSPS) is 13.8. The first-order valence-corrected chi connectivity index (χ1v) is 6.71. The molecule has 1 aromatic rings. The van der Waals surface area contributed by atoms with Crippen LogP contribution in [-0.4, -0.2) is 24.2 Å². The molecule has 1 aromatic carbocycles. The van der Waals surface area contributed by atoms with E-state index in [1.54, 1.807) is 0 Å². The van der Waals surface area contributed by atoms with E-state index in [9.17, 15) is 4.79 Å². The number of carbonyl (C=O) groups is 1. The summed E-state index contributed by atoms with van der Waals surface area (Å²) in [5.41, 5.74) is 5.59. The minimum Gasteiger partial charge on any atom is -0.494 e. The molecule has 0 aliphatic rings. The maximum absolute atomic E-state index is 10.7. The number of carboxylic acids is 1. The van der Waals surface area contributed by atoms with Crippen LogP contribution >= 0.6 is 0 Å². The van der Waals surface area contributed by atoms with Crippen LogP contribution in [0.25, 0.3) is 0 Å². The fourth-order valence-corrected chi connectivity index (χ4v) is 2.09. The van der Waals surface area contributed by atoms with Gasteiger partial charge in [-0.1, -0.05) is 25.1 Å². The van der Waals surface area contributed by atoms with Crippen molar-refractivity contribution in [3.63, 3.8) is 0 Å². The molecule has 0 bridgehead atoms. The second kappa shape index (κ2) is 8.53. The molecule has 0 heterocycles. The number of hydrogen-bond acceptors (Lipinski definition) is 3. The summed E-state index contributed by atoms with van der Waals surface area (Å²) < 4.78 is 5.63. The van der Waals surface area contributed by atoms with E-state index in [0.29, 0.717) is 19.1 Å². The van der Waals surface area contributed by atoms with E-state index >= 15 is 0 Å². The summed E-state index contributed by atoms with van der Waals surface area (Å²) in [6, 6.07) is 9.69. The van der Waals surface area contributed by atoms with E-state index in [1.165, 1.54) is 0 Å². The number of ether oxygens (including phenoxy) is 1. The second-order valence-corrected chi connectivity index (χ2v) is 4.99. The summed E-state index contributed by atoms with van der Waals surface area (Å²) in [4.78, 5) is 10.7. The number of hydrogen-bond donors (Lipinski definition) is 2. The molecule has 3 N–H and O–H groups in total. The van der Waals surface area contributed by atoms with Crippen molar-refractivity contribution in [2.24, 2.45) is 17.6 Å². The number of nitrogens with two attached hydrogens (primary N) is 1. The summed E-state index contributed by atoms with van der Waals surface area (Å²) in [5.74, 6) is 0.569. The van der Waals surface area contributed by atoms with Crippen molar-refractivity contribution >= 4 is 5.97 Å². The van der Waals surface area contributed by atoms with E-state index in [-0.39, 0.29) is 12.3 Å². The molecule has 0 radical (unpaired) electrons. The van der Waals surface area contributed by atoms with E-state index in [2.05, 4.69) is 6.92 Å². The smallest absolute Gasteiger partial charge is 0.303 e. The Morgan fingerprint density at radius 3 is 2.63 bits per heavy atom. The van der Waals surface area contributed by atoms with Crippen LogP contribution in [0.1, 0.15) is 26.2 Å². The van der Waals surface area contributed by atoms with Gasteiger partial charge in [0.05, 0.1) is 6.61 Å². The zero-order valence-corrected chi connectivity index (χ0v) is 11.4. The van der Waals surface area contributed by atoms with Crippen molar-refractivity contribution < 1.29 is 14.6 Å². The highest BCUT2D eigenvalue weighted by Gasteiger charge is 2.15. The molecule has 1 rings (SSSR count). The van der Waals surface area contributed by atoms with Crippen LogP contribution in [0.4, 0.5) is 0 Å². The van der Waals surface area contributed by atoms with Crippen LogP contribution < -0.4 is 10.5 Å². The fraction of sp³-hybridized carbons (Fsp3) is 0.533. The molecule has 0 unspecified atom stereocenters. The first kappa shape index (κ1) is 15.5. The van der Waals surface area contributed by atoms with E-state index in [4.69, 9.17) is 15.6 Å². The Hall–Kier alpha value is -1.55. The largest absolute Gasteiger partial charge is 0.494 e. The Labute approximate surface area is 114 Å². The Balaban J connectivity index is 2.23. The Morgan fingerprint density at radius 1 is 1.37 bits per heavy atom. The first-order chi connectivity index (χ1) is 9.11. The van der Waals surface area contributed by atoms with Crippen molar-refractivity contribution in [2.75, 3.05) is 13.2 Å². The van der Waals surface area contributed by atoms with Gasteiger partial charge < -0.3 is 15.6 Å². The quantitative estimate of drug-likeness (QED) is 0.719. The molecule has 4 nitrogen and oxygen atoms in total. The third-order valence-electron chi connectivity index (χ3n) is 3.15. The molecule has 0 spiro atoms.